The Balaban J connectivity index is 1.51. The fourth-order valence-electron chi connectivity index (χ4n) is 2.41. The van der Waals surface area contributed by atoms with Crippen LogP contribution in [0.4, 0.5) is 0 Å². The molecule has 3 aliphatic rings. The molecule has 0 spiro atoms. The van der Waals surface area contributed by atoms with Crippen molar-refractivity contribution in [1.29, 1.82) is 0 Å². The summed E-state index contributed by atoms with van der Waals surface area (Å²) in [5, 5.41) is 0. The third kappa shape index (κ3) is 3.16. The fraction of sp³-hybridized carbons (Fsp3) is 0. The van der Waals surface area contributed by atoms with Gasteiger partial charge in [-0.15, -0.1) is 0 Å². The van der Waals surface area contributed by atoms with E-state index in [1.165, 1.54) is 0 Å². The predicted molar refractivity (Wildman–Crippen MR) is 95.7 cm³/mol. The maximum atomic E-state index is 4.57. The van der Waals surface area contributed by atoms with Crippen LogP contribution in [0.15, 0.2) is 99.0 Å². The van der Waals surface area contributed by atoms with Gasteiger partial charge in [-0.05, 0) is 66.8 Å². The Morgan fingerprint density at radius 2 is 1.52 bits per heavy atom. The number of hydrogen-bond acceptors (Lipinski definition) is 3. The van der Waals surface area contributed by atoms with E-state index in [1.54, 1.807) is 6.21 Å². The van der Waals surface area contributed by atoms with E-state index in [2.05, 4.69) is 20.0 Å². The van der Waals surface area contributed by atoms with Crippen LogP contribution in [0.25, 0.3) is 6.08 Å². The van der Waals surface area contributed by atoms with Crippen molar-refractivity contribution >= 4 is 23.7 Å². The molecule has 0 bridgehead atoms. The molecule has 0 atom stereocenters. The van der Waals surface area contributed by atoms with E-state index >= 15 is 0 Å². The van der Waals surface area contributed by atoms with Crippen molar-refractivity contribution in [2.75, 3.05) is 0 Å². The van der Waals surface area contributed by atoms with Gasteiger partial charge < -0.3 is 4.98 Å². The van der Waals surface area contributed by atoms with E-state index < -0.39 is 0 Å². The third-order valence-corrected chi connectivity index (χ3v) is 3.46. The summed E-state index contributed by atoms with van der Waals surface area (Å²) < 4.78 is 0. The highest BCUT2D eigenvalue weighted by Crippen LogP contribution is 2.17. The quantitative estimate of drug-likeness (QED) is 0.883. The van der Waals surface area contributed by atoms with Gasteiger partial charge >= 0.3 is 0 Å². The highest BCUT2D eigenvalue weighted by molar-refractivity contribution is 6.11. The number of hydrogen-bond donors (Lipinski definition) is 1. The molecule has 0 unspecified atom stereocenters. The van der Waals surface area contributed by atoms with Crippen LogP contribution >= 0.6 is 0 Å². The van der Waals surface area contributed by atoms with Crippen LogP contribution in [-0.4, -0.2) is 22.6 Å². The lowest BCUT2D eigenvalue weighted by atomic mass is 10.2. The minimum Gasteiger partial charge on any atom is -0.362 e. The summed E-state index contributed by atoms with van der Waals surface area (Å²) in [6.07, 6.45) is 21.4. The van der Waals surface area contributed by atoms with Crippen LogP contribution in [0.5, 0.6) is 0 Å². The first kappa shape index (κ1) is 13.4. The molecule has 110 valence electrons. The number of nitrogens with zero attached hydrogens (tertiary/aromatic N) is 3. The summed E-state index contributed by atoms with van der Waals surface area (Å²) >= 11 is 0. The van der Waals surface area contributed by atoms with Gasteiger partial charge in [-0.2, -0.15) is 0 Å². The Labute approximate surface area is 134 Å². The normalized spacial score (nSPS) is 23.7. The Bertz CT molecular complexity index is 881. The molecule has 1 aromatic rings. The monoisotopic (exact) mass is 298 g/mol. The van der Waals surface area contributed by atoms with Crippen molar-refractivity contribution in [3.8, 4) is 0 Å². The zero-order valence-corrected chi connectivity index (χ0v) is 12.3. The zero-order valence-electron chi connectivity index (χ0n) is 12.3. The molecule has 0 fully saturated rings. The minimum absolute atomic E-state index is 0.896. The van der Waals surface area contributed by atoms with E-state index in [9.17, 15) is 0 Å². The van der Waals surface area contributed by atoms with Gasteiger partial charge in [0, 0.05) is 18.1 Å². The molecule has 4 nitrogen and oxygen atoms in total. The number of allylic oxidation sites excluding steroid dienone is 8. The maximum Gasteiger partial charge on any atom is 0.0659 e. The first-order valence-corrected chi connectivity index (χ1v) is 7.38. The summed E-state index contributed by atoms with van der Waals surface area (Å²) in [5.74, 6) is 0. The number of aromatic amines is 1. The van der Waals surface area contributed by atoms with Gasteiger partial charge in [0.05, 0.1) is 28.5 Å². The molecule has 0 aliphatic carbocycles. The SMILES string of the molecule is C1=CC(=CC2=NC(=CC3=NC(=Cc4ccc[nH]4)C=C3)C=C2)N=C1. The lowest BCUT2D eigenvalue weighted by molar-refractivity contribution is 1.36. The van der Waals surface area contributed by atoms with E-state index in [0.717, 1.165) is 34.2 Å². The summed E-state index contributed by atoms with van der Waals surface area (Å²) in [6.45, 7) is 0. The number of nitrogens with one attached hydrogen (secondary N) is 1. The van der Waals surface area contributed by atoms with Crippen molar-refractivity contribution in [1.82, 2.24) is 4.98 Å². The van der Waals surface area contributed by atoms with Crippen molar-refractivity contribution in [3.05, 3.63) is 89.7 Å². The smallest absolute Gasteiger partial charge is 0.0659 e. The average Bonchev–Trinajstić information content (AvgIpc) is 3.31. The van der Waals surface area contributed by atoms with Crippen molar-refractivity contribution in [2.24, 2.45) is 15.0 Å². The van der Waals surface area contributed by atoms with Crippen LogP contribution in [0.1, 0.15) is 5.69 Å². The molecule has 1 N–H and O–H groups in total. The molecule has 3 aliphatic heterocycles. The molecule has 0 aromatic carbocycles. The molecular formula is C19H14N4. The summed E-state index contributed by atoms with van der Waals surface area (Å²) in [5.41, 5.74) is 5.59. The fourth-order valence-corrected chi connectivity index (χ4v) is 2.41. The molecule has 1 aromatic heterocycles. The second kappa shape index (κ2) is 5.85. The van der Waals surface area contributed by atoms with Gasteiger partial charge in [-0.25, -0.2) is 9.98 Å². The van der Waals surface area contributed by atoms with E-state index in [1.807, 2.05) is 73.0 Å². The van der Waals surface area contributed by atoms with Crippen LogP contribution < -0.4 is 0 Å². The van der Waals surface area contributed by atoms with E-state index in [-0.39, 0.29) is 0 Å². The second-order valence-electron chi connectivity index (χ2n) is 5.21. The van der Waals surface area contributed by atoms with E-state index in [4.69, 9.17) is 0 Å². The highest BCUT2D eigenvalue weighted by Gasteiger charge is 2.07. The van der Waals surface area contributed by atoms with Gasteiger partial charge in [0.15, 0.2) is 0 Å². The zero-order chi connectivity index (χ0) is 15.5. The maximum absolute atomic E-state index is 4.57. The summed E-state index contributed by atoms with van der Waals surface area (Å²) in [7, 11) is 0. The molecule has 0 amide bonds. The van der Waals surface area contributed by atoms with Crippen molar-refractivity contribution < 1.29 is 0 Å². The largest absolute Gasteiger partial charge is 0.362 e. The number of aliphatic imine (C=N–C) groups is 3. The average molecular weight is 298 g/mol. The first-order chi connectivity index (χ1) is 11.3. The summed E-state index contributed by atoms with van der Waals surface area (Å²) in [4.78, 5) is 16.5. The molecule has 0 saturated heterocycles. The molecule has 4 rings (SSSR count). The molecule has 4 heteroatoms. The molecule has 4 heterocycles. The first-order valence-electron chi connectivity index (χ1n) is 7.38. The van der Waals surface area contributed by atoms with Crippen LogP contribution in [-0.2, 0) is 0 Å². The highest BCUT2D eigenvalue weighted by atomic mass is 14.8. The van der Waals surface area contributed by atoms with Gasteiger partial charge in [0.2, 0.25) is 0 Å². The van der Waals surface area contributed by atoms with E-state index in [0.29, 0.717) is 0 Å². The lowest BCUT2D eigenvalue weighted by Gasteiger charge is -1.92. The van der Waals surface area contributed by atoms with Crippen LogP contribution in [0.3, 0.4) is 0 Å². The van der Waals surface area contributed by atoms with Gasteiger partial charge in [0.25, 0.3) is 0 Å². The van der Waals surface area contributed by atoms with Gasteiger partial charge in [-0.1, -0.05) is 0 Å². The number of aromatic nitrogens is 1. The standard InChI is InChI=1S/C19H14N4/c1-3-14(20-9-1)11-16-5-7-18(22-16)13-19-8-6-17(23-19)12-15-4-2-10-21-15/h1-13,20H. The minimum atomic E-state index is 0.896. The molecular weight excluding hydrogens is 284 g/mol. The number of H-pyrrole nitrogens is 1. The Kier molecular flexibility index (Phi) is 3.41. The van der Waals surface area contributed by atoms with Gasteiger partial charge in [-0.3, -0.25) is 4.99 Å². The lowest BCUT2D eigenvalue weighted by Crippen LogP contribution is -1.86. The molecule has 0 radical (unpaired) electrons. The molecule has 23 heavy (non-hydrogen) atoms. The van der Waals surface area contributed by atoms with Gasteiger partial charge in [0.1, 0.15) is 0 Å². The predicted octanol–water partition coefficient (Wildman–Crippen LogP) is 3.79. The Hall–Kier alpha value is -3.27. The Morgan fingerprint density at radius 3 is 2.17 bits per heavy atom. The van der Waals surface area contributed by atoms with Crippen molar-refractivity contribution in [3.63, 3.8) is 0 Å². The molecule has 0 saturated carbocycles. The second-order valence-corrected chi connectivity index (χ2v) is 5.21. The summed E-state index contributed by atoms with van der Waals surface area (Å²) in [6, 6.07) is 3.98. The number of rotatable bonds is 3. The Morgan fingerprint density at radius 1 is 0.783 bits per heavy atom. The topological polar surface area (TPSA) is 52.9 Å². The third-order valence-electron chi connectivity index (χ3n) is 3.46. The van der Waals surface area contributed by atoms with Crippen molar-refractivity contribution in [2.45, 2.75) is 0 Å². The van der Waals surface area contributed by atoms with Crippen LogP contribution in [0, 0.1) is 0 Å². The van der Waals surface area contributed by atoms with Crippen LogP contribution in [0.2, 0.25) is 0 Å².